The van der Waals surface area contributed by atoms with Crippen LogP contribution >= 0.6 is 0 Å². The largest absolute Gasteiger partial charge is 0.497 e. The van der Waals surface area contributed by atoms with E-state index in [0.29, 0.717) is 42.0 Å². The van der Waals surface area contributed by atoms with Crippen LogP contribution in [0.25, 0.3) is 11.4 Å². The molecule has 0 bridgehead atoms. The van der Waals surface area contributed by atoms with Gasteiger partial charge in [0, 0.05) is 24.7 Å². The molecule has 0 saturated carbocycles. The van der Waals surface area contributed by atoms with Gasteiger partial charge in [0.2, 0.25) is 11.7 Å². The molecule has 4 rings (SSSR count). The van der Waals surface area contributed by atoms with Crippen LogP contribution in [-0.2, 0) is 0 Å². The monoisotopic (exact) mass is 408 g/mol. The summed E-state index contributed by atoms with van der Waals surface area (Å²) < 4.78 is 16.1. The average molecular weight is 408 g/mol. The van der Waals surface area contributed by atoms with Gasteiger partial charge in [-0.15, -0.1) is 0 Å². The van der Waals surface area contributed by atoms with Crippen molar-refractivity contribution in [1.29, 1.82) is 0 Å². The standard InChI is InChI=1S/C22H24N4O4/c1-28-17-10-11-18(19(13-17)29-2)23-22(27)26-12-6-9-16(14-26)21-24-20(25-30-21)15-7-4-3-5-8-15/h3-5,7-8,10-11,13,16H,6,9,12,14H2,1-2H3,(H,23,27)/t16-/m0/s1. The SMILES string of the molecule is COc1ccc(NC(=O)N2CCC[C@H](c3nc(-c4ccccc4)no3)C2)c(OC)c1. The lowest BCUT2D eigenvalue weighted by molar-refractivity contribution is 0.184. The molecule has 0 radical (unpaired) electrons. The number of likely N-dealkylation sites (tertiary alicyclic amines) is 1. The first-order valence-electron chi connectivity index (χ1n) is 9.85. The maximum absolute atomic E-state index is 12.9. The Morgan fingerprint density at radius 3 is 2.77 bits per heavy atom. The van der Waals surface area contributed by atoms with E-state index in [4.69, 9.17) is 14.0 Å². The van der Waals surface area contributed by atoms with Gasteiger partial charge >= 0.3 is 6.03 Å². The van der Waals surface area contributed by atoms with E-state index in [-0.39, 0.29) is 11.9 Å². The Kier molecular flexibility index (Phi) is 5.83. The lowest BCUT2D eigenvalue weighted by atomic mass is 9.98. The van der Waals surface area contributed by atoms with Crippen molar-refractivity contribution in [3.63, 3.8) is 0 Å². The zero-order valence-corrected chi connectivity index (χ0v) is 17.0. The summed E-state index contributed by atoms with van der Waals surface area (Å²) in [4.78, 5) is 19.2. The summed E-state index contributed by atoms with van der Waals surface area (Å²) in [5.41, 5.74) is 1.50. The molecule has 2 amide bonds. The molecule has 1 saturated heterocycles. The number of urea groups is 1. The number of hydrogen-bond donors (Lipinski definition) is 1. The minimum absolute atomic E-state index is 0.00669. The first kappa shape index (κ1) is 19.8. The number of carbonyl (C=O) groups excluding carboxylic acids is 1. The Bertz CT molecular complexity index is 1010. The van der Waals surface area contributed by atoms with Gasteiger partial charge in [0.1, 0.15) is 11.5 Å². The molecule has 0 aliphatic carbocycles. The highest BCUT2D eigenvalue weighted by Gasteiger charge is 2.29. The molecule has 1 N–H and O–H groups in total. The summed E-state index contributed by atoms with van der Waals surface area (Å²) in [5.74, 6) is 2.34. The molecule has 1 fully saturated rings. The van der Waals surface area contributed by atoms with E-state index in [9.17, 15) is 4.79 Å². The van der Waals surface area contributed by atoms with Gasteiger partial charge in [-0.2, -0.15) is 4.98 Å². The van der Waals surface area contributed by atoms with Gasteiger partial charge in [0.15, 0.2) is 0 Å². The number of nitrogens with zero attached hydrogens (tertiary/aromatic N) is 3. The normalized spacial score (nSPS) is 16.2. The maximum Gasteiger partial charge on any atom is 0.321 e. The number of methoxy groups -OCH3 is 2. The highest BCUT2D eigenvalue weighted by atomic mass is 16.5. The average Bonchev–Trinajstić information content (AvgIpc) is 3.30. The third-order valence-electron chi connectivity index (χ3n) is 5.18. The zero-order valence-electron chi connectivity index (χ0n) is 17.0. The van der Waals surface area contributed by atoms with Crippen molar-refractivity contribution in [2.24, 2.45) is 0 Å². The molecule has 30 heavy (non-hydrogen) atoms. The van der Waals surface area contributed by atoms with Crippen LogP contribution in [0.3, 0.4) is 0 Å². The smallest absolute Gasteiger partial charge is 0.321 e. The number of carbonyl (C=O) groups is 1. The van der Waals surface area contributed by atoms with Crippen LogP contribution in [0.1, 0.15) is 24.7 Å². The first-order valence-corrected chi connectivity index (χ1v) is 9.85. The van der Waals surface area contributed by atoms with E-state index in [0.717, 1.165) is 18.4 Å². The summed E-state index contributed by atoms with van der Waals surface area (Å²) in [6.07, 6.45) is 1.76. The molecule has 1 aliphatic heterocycles. The van der Waals surface area contributed by atoms with Crippen LogP contribution in [0.5, 0.6) is 11.5 Å². The van der Waals surface area contributed by atoms with Crippen molar-refractivity contribution in [3.8, 4) is 22.9 Å². The highest BCUT2D eigenvalue weighted by molar-refractivity contribution is 5.91. The van der Waals surface area contributed by atoms with E-state index in [1.807, 2.05) is 30.3 Å². The van der Waals surface area contributed by atoms with Crippen LogP contribution in [-0.4, -0.2) is 48.4 Å². The Balaban J connectivity index is 1.44. The fourth-order valence-corrected chi connectivity index (χ4v) is 3.56. The third-order valence-corrected chi connectivity index (χ3v) is 5.18. The Morgan fingerprint density at radius 2 is 2.00 bits per heavy atom. The Hall–Kier alpha value is -3.55. The lowest BCUT2D eigenvalue weighted by Gasteiger charge is -2.31. The molecule has 156 valence electrons. The molecule has 1 aromatic heterocycles. The van der Waals surface area contributed by atoms with E-state index >= 15 is 0 Å². The van der Waals surface area contributed by atoms with Crippen molar-refractivity contribution in [1.82, 2.24) is 15.0 Å². The third kappa shape index (κ3) is 4.22. The number of amides is 2. The highest BCUT2D eigenvalue weighted by Crippen LogP contribution is 2.31. The first-order chi connectivity index (χ1) is 14.7. The number of rotatable bonds is 5. The Morgan fingerprint density at radius 1 is 1.17 bits per heavy atom. The van der Waals surface area contributed by atoms with Gasteiger partial charge in [0.25, 0.3) is 0 Å². The van der Waals surface area contributed by atoms with Crippen LogP contribution in [0.2, 0.25) is 0 Å². The van der Waals surface area contributed by atoms with Crippen molar-refractivity contribution in [2.45, 2.75) is 18.8 Å². The summed E-state index contributed by atoms with van der Waals surface area (Å²) in [6, 6.07) is 14.8. The molecule has 2 heterocycles. The Labute approximate surface area is 174 Å². The van der Waals surface area contributed by atoms with Crippen molar-refractivity contribution < 1.29 is 18.8 Å². The van der Waals surface area contributed by atoms with Crippen LogP contribution in [0.4, 0.5) is 10.5 Å². The summed E-state index contributed by atoms with van der Waals surface area (Å²) in [6.45, 7) is 1.18. The van der Waals surface area contributed by atoms with E-state index in [2.05, 4.69) is 15.5 Å². The van der Waals surface area contributed by atoms with Gasteiger partial charge in [-0.05, 0) is 25.0 Å². The van der Waals surface area contributed by atoms with Gasteiger partial charge in [0.05, 0.1) is 25.8 Å². The topological polar surface area (TPSA) is 89.7 Å². The summed E-state index contributed by atoms with van der Waals surface area (Å²) in [7, 11) is 3.14. The number of nitrogens with one attached hydrogen (secondary N) is 1. The molecule has 0 spiro atoms. The zero-order chi connectivity index (χ0) is 20.9. The second-order valence-corrected chi connectivity index (χ2v) is 7.10. The van der Waals surface area contributed by atoms with Crippen molar-refractivity contribution >= 4 is 11.7 Å². The summed E-state index contributed by atoms with van der Waals surface area (Å²) in [5, 5.41) is 7.03. The van der Waals surface area contributed by atoms with Gasteiger partial charge in [-0.1, -0.05) is 35.5 Å². The minimum atomic E-state index is -0.189. The van der Waals surface area contributed by atoms with Crippen molar-refractivity contribution in [2.75, 3.05) is 32.6 Å². The maximum atomic E-state index is 12.9. The van der Waals surface area contributed by atoms with E-state index in [1.54, 1.807) is 37.3 Å². The van der Waals surface area contributed by atoms with Crippen LogP contribution in [0.15, 0.2) is 53.1 Å². The molecule has 3 aromatic rings. The molecular formula is C22H24N4O4. The predicted molar refractivity (Wildman–Crippen MR) is 112 cm³/mol. The van der Waals surface area contributed by atoms with E-state index < -0.39 is 0 Å². The fraction of sp³-hybridized carbons (Fsp3) is 0.318. The molecule has 1 aliphatic rings. The number of ether oxygens (including phenoxy) is 2. The molecule has 2 aromatic carbocycles. The van der Waals surface area contributed by atoms with Gasteiger partial charge in [-0.25, -0.2) is 4.79 Å². The second kappa shape index (κ2) is 8.86. The molecule has 8 heteroatoms. The summed E-state index contributed by atoms with van der Waals surface area (Å²) >= 11 is 0. The fourth-order valence-electron chi connectivity index (χ4n) is 3.56. The number of hydrogen-bond acceptors (Lipinski definition) is 6. The molecule has 8 nitrogen and oxygen atoms in total. The minimum Gasteiger partial charge on any atom is -0.497 e. The van der Waals surface area contributed by atoms with Crippen LogP contribution in [0, 0.1) is 0 Å². The number of anilines is 1. The van der Waals surface area contributed by atoms with Gasteiger partial charge < -0.3 is 24.2 Å². The van der Waals surface area contributed by atoms with Gasteiger partial charge in [-0.3, -0.25) is 0 Å². The predicted octanol–water partition coefficient (Wildman–Crippen LogP) is 4.17. The van der Waals surface area contributed by atoms with Crippen LogP contribution < -0.4 is 14.8 Å². The quantitative estimate of drug-likeness (QED) is 0.682. The second-order valence-electron chi connectivity index (χ2n) is 7.10. The molecule has 0 unspecified atom stereocenters. The lowest BCUT2D eigenvalue weighted by Crippen LogP contribution is -2.41. The molecular weight excluding hydrogens is 384 g/mol. The number of piperidine rings is 1. The number of aromatic nitrogens is 2. The van der Waals surface area contributed by atoms with E-state index in [1.165, 1.54) is 0 Å². The molecule has 1 atom stereocenters. The van der Waals surface area contributed by atoms with Crippen molar-refractivity contribution in [3.05, 3.63) is 54.4 Å². The number of benzene rings is 2.